The van der Waals surface area contributed by atoms with Gasteiger partial charge in [0.2, 0.25) is 0 Å². The fraction of sp³-hybridized carbons (Fsp3) is 0.261. The Balaban J connectivity index is 1.51. The second kappa shape index (κ2) is 9.04. The molecule has 0 atom stereocenters. The third-order valence-electron chi connectivity index (χ3n) is 4.59. The van der Waals surface area contributed by atoms with E-state index in [0.29, 0.717) is 0 Å². The number of aliphatic imine (C=N–C) groups is 1. The van der Waals surface area contributed by atoms with Gasteiger partial charge in [-0.3, -0.25) is 4.99 Å². The number of allylic oxidation sites excluding steroid dienone is 1. The van der Waals surface area contributed by atoms with Crippen LogP contribution in [0.2, 0.25) is 0 Å². The molecule has 26 heavy (non-hydrogen) atoms. The van der Waals surface area contributed by atoms with Gasteiger partial charge in [0, 0.05) is 31.4 Å². The lowest BCUT2D eigenvalue weighted by atomic mass is 9.99. The number of hydrogen-bond acceptors (Lipinski definition) is 3. The van der Waals surface area contributed by atoms with Crippen molar-refractivity contribution in [1.82, 2.24) is 5.32 Å². The summed E-state index contributed by atoms with van der Waals surface area (Å²) in [4.78, 5) is 4.56. The number of anilines is 1. The first-order valence-corrected chi connectivity index (χ1v) is 9.35. The van der Waals surface area contributed by atoms with E-state index in [4.69, 9.17) is 0 Å². The van der Waals surface area contributed by atoms with Crippen molar-refractivity contribution in [2.24, 2.45) is 4.99 Å². The summed E-state index contributed by atoms with van der Waals surface area (Å²) in [5.41, 5.74) is 6.92. The maximum Gasteiger partial charge on any atom is 0.0892 e. The molecule has 0 radical (unpaired) electrons. The van der Waals surface area contributed by atoms with Crippen LogP contribution >= 0.6 is 0 Å². The molecule has 0 unspecified atom stereocenters. The molecular formula is C23H27N3. The summed E-state index contributed by atoms with van der Waals surface area (Å²) in [6, 6.07) is 19.1. The van der Waals surface area contributed by atoms with Gasteiger partial charge < -0.3 is 10.6 Å². The lowest BCUT2D eigenvalue weighted by Crippen LogP contribution is -2.18. The molecule has 3 heteroatoms. The van der Waals surface area contributed by atoms with E-state index in [-0.39, 0.29) is 0 Å². The number of hydrogen-bond donors (Lipinski definition) is 2. The summed E-state index contributed by atoms with van der Waals surface area (Å²) in [5.74, 6) is 0. The van der Waals surface area contributed by atoms with Crippen molar-refractivity contribution < 1.29 is 0 Å². The highest BCUT2D eigenvalue weighted by Crippen LogP contribution is 2.29. The van der Waals surface area contributed by atoms with Gasteiger partial charge in [-0.2, -0.15) is 0 Å². The smallest absolute Gasteiger partial charge is 0.0892 e. The van der Waals surface area contributed by atoms with Crippen LogP contribution in [0.25, 0.3) is 5.57 Å². The topological polar surface area (TPSA) is 36.4 Å². The van der Waals surface area contributed by atoms with Crippen molar-refractivity contribution in [1.29, 1.82) is 0 Å². The molecule has 0 aliphatic carbocycles. The lowest BCUT2D eigenvalue weighted by molar-refractivity contribution is 0.753. The van der Waals surface area contributed by atoms with E-state index in [0.717, 1.165) is 49.4 Å². The zero-order valence-electron chi connectivity index (χ0n) is 15.5. The molecular weight excluding hydrogens is 318 g/mol. The van der Waals surface area contributed by atoms with Gasteiger partial charge in [0.25, 0.3) is 0 Å². The Hall–Kier alpha value is -2.81. The first-order valence-electron chi connectivity index (χ1n) is 9.35. The van der Waals surface area contributed by atoms with E-state index in [2.05, 4.69) is 65.5 Å². The zero-order chi connectivity index (χ0) is 18.2. The molecule has 2 N–H and O–H groups in total. The second-order valence-electron chi connectivity index (χ2n) is 6.45. The minimum Gasteiger partial charge on any atom is -0.385 e. The van der Waals surface area contributed by atoms with Crippen LogP contribution in [0.15, 0.2) is 77.6 Å². The van der Waals surface area contributed by atoms with Crippen molar-refractivity contribution in [2.75, 3.05) is 18.4 Å². The minimum absolute atomic E-state index is 0.872. The molecule has 0 amide bonds. The van der Waals surface area contributed by atoms with Crippen molar-refractivity contribution in [3.8, 4) is 0 Å². The number of nitrogens with zero attached hydrogens (tertiary/aromatic N) is 1. The van der Waals surface area contributed by atoms with Crippen LogP contribution in [0.1, 0.15) is 30.9 Å². The van der Waals surface area contributed by atoms with Gasteiger partial charge >= 0.3 is 0 Å². The van der Waals surface area contributed by atoms with E-state index in [1.54, 1.807) is 0 Å². The van der Waals surface area contributed by atoms with Crippen molar-refractivity contribution in [3.63, 3.8) is 0 Å². The van der Waals surface area contributed by atoms with Gasteiger partial charge in [-0.1, -0.05) is 56.0 Å². The van der Waals surface area contributed by atoms with Crippen LogP contribution < -0.4 is 10.6 Å². The standard InChI is InChI=1S/C23H27N3/c1-3-19-10-12-20(13-11-19)22-14-17-26-23(22)18(2)24-15-7-16-25-21-8-5-4-6-9-21/h4-6,8-13,17,24-25H,2-3,7,14-16H2,1H3. The summed E-state index contributed by atoms with van der Waals surface area (Å²) in [6.45, 7) is 8.18. The summed E-state index contributed by atoms with van der Waals surface area (Å²) >= 11 is 0. The largest absolute Gasteiger partial charge is 0.385 e. The number of aryl methyl sites for hydroxylation is 1. The van der Waals surface area contributed by atoms with E-state index in [9.17, 15) is 0 Å². The average Bonchev–Trinajstić information content (AvgIpc) is 3.18. The normalized spacial score (nSPS) is 13.1. The van der Waals surface area contributed by atoms with Gasteiger partial charge in [0.05, 0.1) is 11.4 Å². The molecule has 1 heterocycles. The van der Waals surface area contributed by atoms with E-state index in [1.807, 2.05) is 24.4 Å². The van der Waals surface area contributed by atoms with Crippen molar-refractivity contribution in [2.45, 2.75) is 26.2 Å². The molecule has 3 nitrogen and oxygen atoms in total. The Morgan fingerprint density at radius 1 is 1.04 bits per heavy atom. The molecule has 1 aliphatic heterocycles. The zero-order valence-corrected chi connectivity index (χ0v) is 15.5. The molecule has 2 aromatic rings. The third-order valence-corrected chi connectivity index (χ3v) is 4.59. The molecule has 0 bridgehead atoms. The third kappa shape index (κ3) is 4.63. The number of rotatable bonds is 9. The molecule has 2 aromatic carbocycles. The number of para-hydroxylation sites is 1. The van der Waals surface area contributed by atoms with Crippen LogP contribution in [0.5, 0.6) is 0 Å². The predicted molar refractivity (Wildman–Crippen MR) is 113 cm³/mol. The lowest BCUT2D eigenvalue weighted by Gasteiger charge is -2.13. The highest BCUT2D eigenvalue weighted by atomic mass is 14.9. The second-order valence-corrected chi connectivity index (χ2v) is 6.45. The van der Waals surface area contributed by atoms with Crippen LogP contribution in [0.3, 0.4) is 0 Å². The molecule has 3 rings (SSSR count). The van der Waals surface area contributed by atoms with Gasteiger partial charge in [-0.05, 0) is 41.7 Å². The molecule has 134 valence electrons. The first-order chi connectivity index (χ1) is 12.8. The monoisotopic (exact) mass is 345 g/mol. The van der Waals surface area contributed by atoms with Crippen LogP contribution in [0, 0.1) is 0 Å². The molecule has 0 saturated heterocycles. The summed E-state index contributed by atoms with van der Waals surface area (Å²) in [7, 11) is 0. The SMILES string of the molecule is C=C(NCCCNc1ccccc1)C1=C(c2ccc(CC)cc2)CC=N1. The highest BCUT2D eigenvalue weighted by molar-refractivity contribution is 5.88. The average molecular weight is 345 g/mol. The first kappa shape index (κ1) is 18.0. The molecule has 0 spiro atoms. The maximum absolute atomic E-state index is 4.56. The molecule has 1 aliphatic rings. The summed E-state index contributed by atoms with van der Waals surface area (Å²) in [6.07, 6.45) is 4.93. The van der Waals surface area contributed by atoms with Crippen LogP contribution in [-0.4, -0.2) is 19.3 Å². The molecule has 0 aromatic heterocycles. The van der Waals surface area contributed by atoms with E-state index in [1.165, 1.54) is 16.7 Å². The summed E-state index contributed by atoms with van der Waals surface area (Å²) in [5, 5.41) is 6.85. The Kier molecular flexibility index (Phi) is 6.26. The molecule has 0 fully saturated rings. The number of benzene rings is 2. The van der Waals surface area contributed by atoms with Crippen molar-refractivity contribution >= 4 is 17.5 Å². The predicted octanol–water partition coefficient (Wildman–Crippen LogP) is 5.04. The Morgan fingerprint density at radius 2 is 1.81 bits per heavy atom. The van der Waals surface area contributed by atoms with Crippen molar-refractivity contribution in [3.05, 3.63) is 83.7 Å². The van der Waals surface area contributed by atoms with Crippen LogP contribution in [0.4, 0.5) is 5.69 Å². The molecule has 0 saturated carbocycles. The van der Waals surface area contributed by atoms with E-state index < -0.39 is 0 Å². The van der Waals surface area contributed by atoms with Gasteiger partial charge in [-0.25, -0.2) is 0 Å². The van der Waals surface area contributed by atoms with E-state index >= 15 is 0 Å². The fourth-order valence-electron chi connectivity index (χ4n) is 3.06. The minimum atomic E-state index is 0.872. The quantitative estimate of drug-likeness (QED) is 0.625. The fourth-order valence-corrected chi connectivity index (χ4v) is 3.06. The number of nitrogens with one attached hydrogen (secondary N) is 2. The van der Waals surface area contributed by atoms with Gasteiger partial charge in [0.15, 0.2) is 0 Å². The Morgan fingerprint density at radius 3 is 2.54 bits per heavy atom. The summed E-state index contributed by atoms with van der Waals surface area (Å²) < 4.78 is 0. The van der Waals surface area contributed by atoms with Gasteiger partial charge in [-0.15, -0.1) is 0 Å². The Bertz CT molecular complexity index is 786. The Labute approximate surface area is 156 Å². The maximum atomic E-state index is 4.56. The van der Waals surface area contributed by atoms with Crippen LogP contribution in [-0.2, 0) is 6.42 Å². The van der Waals surface area contributed by atoms with Gasteiger partial charge in [0.1, 0.15) is 0 Å². The highest BCUT2D eigenvalue weighted by Gasteiger charge is 2.15.